The summed E-state index contributed by atoms with van der Waals surface area (Å²) in [4.78, 5) is 12.8. The molecule has 21 heavy (non-hydrogen) atoms. The summed E-state index contributed by atoms with van der Waals surface area (Å²) in [6, 6.07) is 2.05. The number of aryl methyl sites for hydroxylation is 2. The number of nitrogens with zero attached hydrogens (tertiary/aromatic N) is 3. The van der Waals surface area contributed by atoms with E-state index >= 15 is 0 Å². The van der Waals surface area contributed by atoms with Crippen LogP contribution in [0.5, 0.6) is 0 Å². The molecule has 0 aromatic carbocycles. The minimum Gasteiger partial charge on any atom is -0.363 e. The van der Waals surface area contributed by atoms with Gasteiger partial charge in [-0.15, -0.1) is 10.2 Å². The van der Waals surface area contributed by atoms with Crippen molar-refractivity contribution in [2.75, 3.05) is 12.4 Å². The highest BCUT2D eigenvalue weighted by molar-refractivity contribution is 7.18. The van der Waals surface area contributed by atoms with E-state index in [4.69, 9.17) is 0 Å². The van der Waals surface area contributed by atoms with Crippen molar-refractivity contribution in [1.82, 2.24) is 14.8 Å². The van der Waals surface area contributed by atoms with Crippen LogP contribution < -0.4 is 10.9 Å². The third kappa shape index (κ3) is 3.32. The topological polar surface area (TPSA) is 59.8 Å². The fraction of sp³-hybridized carbons (Fsp3) is 0.533. The summed E-state index contributed by atoms with van der Waals surface area (Å²) >= 11 is 1.41. The molecule has 0 amide bonds. The Balaban J connectivity index is 2.50. The molecular formula is C15H22N4OS. The van der Waals surface area contributed by atoms with Gasteiger partial charge in [-0.3, -0.25) is 4.79 Å². The molecule has 2 rings (SSSR count). The zero-order valence-corrected chi connectivity index (χ0v) is 14.0. The molecule has 2 heterocycles. The SMILES string of the molecule is CNc1nnc(-c2c(C)cc(C)n(CCC(C)C)c2=O)s1. The molecule has 114 valence electrons. The molecular weight excluding hydrogens is 284 g/mol. The summed E-state index contributed by atoms with van der Waals surface area (Å²) in [5, 5.41) is 12.5. The Labute approximate surface area is 129 Å². The van der Waals surface area contributed by atoms with E-state index in [0.717, 1.165) is 29.4 Å². The Hall–Kier alpha value is -1.69. The van der Waals surface area contributed by atoms with Gasteiger partial charge in [0.25, 0.3) is 5.56 Å². The summed E-state index contributed by atoms with van der Waals surface area (Å²) in [5.41, 5.74) is 2.66. The number of aromatic nitrogens is 3. The van der Waals surface area contributed by atoms with Gasteiger partial charge < -0.3 is 9.88 Å². The van der Waals surface area contributed by atoms with Crippen LogP contribution in [0.4, 0.5) is 5.13 Å². The molecule has 1 N–H and O–H groups in total. The van der Waals surface area contributed by atoms with Crippen molar-refractivity contribution < 1.29 is 0 Å². The van der Waals surface area contributed by atoms with E-state index in [9.17, 15) is 4.79 Å². The predicted molar refractivity (Wildman–Crippen MR) is 88.1 cm³/mol. The second-order valence-electron chi connectivity index (χ2n) is 5.65. The van der Waals surface area contributed by atoms with Crippen LogP contribution in [0.25, 0.3) is 10.6 Å². The van der Waals surface area contributed by atoms with E-state index in [1.165, 1.54) is 11.3 Å². The van der Waals surface area contributed by atoms with Crippen molar-refractivity contribution in [3.8, 4) is 10.6 Å². The Morgan fingerprint density at radius 1 is 1.33 bits per heavy atom. The molecule has 0 fully saturated rings. The maximum Gasteiger partial charge on any atom is 0.261 e. The molecule has 0 saturated carbocycles. The zero-order chi connectivity index (χ0) is 15.6. The second kappa shape index (κ2) is 6.39. The number of rotatable bonds is 5. The van der Waals surface area contributed by atoms with E-state index in [1.54, 1.807) is 7.05 Å². The standard InChI is InChI=1S/C15H22N4OS/c1-9(2)6-7-19-11(4)8-10(3)12(14(19)20)13-17-18-15(16-5)21-13/h8-9H,6-7H2,1-5H3,(H,16,18). The van der Waals surface area contributed by atoms with Crippen molar-refractivity contribution in [3.63, 3.8) is 0 Å². The zero-order valence-electron chi connectivity index (χ0n) is 13.2. The normalized spacial score (nSPS) is 11.1. The van der Waals surface area contributed by atoms with Gasteiger partial charge in [0.2, 0.25) is 5.13 Å². The Morgan fingerprint density at radius 2 is 2.05 bits per heavy atom. The molecule has 0 spiro atoms. The highest BCUT2D eigenvalue weighted by atomic mass is 32.1. The Morgan fingerprint density at radius 3 is 2.62 bits per heavy atom. The molecule has 0 aliphatic heterocycles. The third-order valence-corrected chi connectivity index (χ3v) is 4.45. The average molecular weight is 306 g/mol. The Kier molecular flexibility index (Phi) is 4.77. The maximum atomic E-state index is 12.8. The van der Waals surface area contributed by atoms with E-state index in [0.29, 0.717) is 16.5 Å². The molecule has 0 aliphatic carbocycles. The molecule has 0 saturated heterocycles. The quantitative estimate of drug-likeness (QED) is 0.922. The van der Waals surface area contributed by atoms with Crippen molar-refractivity contribution >= 4 is 16.5 Å². The molecule has 0 atom stereocenters. The maximum absolute atomic E-state index is 12.8. The van der Waals surface area contributed by atoms with Crippen molar-refractivity contribution in [3.05, 3.63) is 27.7 Å². The molecule has 2 aromatic rings. The largest absolute Gasteiger partial charge is 0.363 e. The van der Waals surface area contributed by atoms with E-state index in [2.05, 4.69) is 35.4 Å². The first-order valence-corrected chi connectivity index (χ1v) is 7.98. The second-order valence-corrected chi connectivity index (χ2v) is 6.62. The van der Waals surface area contributed by atoms with Gasteiger partial charge in [-0.05, 0) is 37.8 Å². The van der Waals surface area contributed by atoms with Crippen LogP contribution in [0.1, 0.15) is 31.5 Å². The molecule has 0 bridgehead atoms. The van der Waals surface area contributed by atoms with Crippen LogP contribution in [0.3, 0.4) is 0 Å². The van der Waals surface area contributed by atoms with Gasteiger partial charge in [0.1, 0.15) is 0 Å². The van der Waals surface area contributed by atoms with Crippen molar-refractivity contribution in [2.24, 2.45) is 5.92 Å². The van der Waals surface area contributed by atoms with Crippen LogP contribution in [0, 0.1) is 19.8 Å². The lowest BCUT2D eigenvalue weighted by atomic mass is 10.1. The Bertz CT molecular complexity index is 687. The number of anilines is 1. The molecule has 0 aliphatic rings. The lowest BCUT2D eigenvalue weighted by molar-refractivity contribution is 0.502. The van der Waals surface area contributed by atoms with Crippen molar-refractivity contribution in [1.29, 1.82) is 0 Å². The summed E-state index contributed by atoms with van der Waals surface area (Å²) in [7, 11) is 1.80. The first-order valence-electron chi connectivity index (χ1n) is 7.16. The van der Waals surface area contributed by atoms with Crippen LogP contribution in [-0.2, 0) is 6.54 Å². The molecule has 2 aromatic heterocycles. The van der Waals surface area contributed by atoms with Crippen LogP contribution in [-0.4, -0.2) is 21.8 Å². The third-order valence-electron chi connectivity index (χ3n) is 3.49. The molecule has 0 radical (unpaired) electrons. The van der Waals surface area contributed by atoms with E-state index in [1.807, 2.05) is 18.4 Å². The molecule has 6 heteroatoms. The van der Waals surface area contributed by atoms with Crippen molar-refractivity contribution in [2.45, 2.75) is 40.7 Å². The van der Waals surface area contributed by atoms with Gasteiger partial charge in [-0.1, -0.05) is 25.2 Å². The van der Waals surface area contributed by atoms with Gasteiger partial charge in [0.15, 0.2) is 5.01 Å². The van der Waals surface area contributed by atoms with Gasteiger partial charge >= 0.3 is 0 Å². The molecule has 5 nitrogen and oxygen atoms in total. The lowest BCUT2D eigenvalue weighted by Crippen LogP contribution is -2.25. The van der Waals surface area contributed by atoms with Crippen LogP contribution in [0.2, 0.25) is 0 Å². The number of hydrogen-bond acceptors (Lipinski definition) is 5. The highest BCUT2D eigenvalue weighted by Gasteiger charge is 2.16. The first kappa shape index (κ1) is 15.7. The fourth-order valence-electron chi connectivity index (χ4n) is 2.28. The summed E-state index contributed by atoms with van der Waals surface area (Å²) in [6.45, 7) is 9.01. The first-order chi connectivity index (χ1) is 9.93. The highest BCUT2D eigenvalue weighted by Crippen LogP contribution is 2.26. The minimum atomic E-state index is 0.0342. The van der Waals surface area contributed by atoms with Crippen LogP contribution in [0.15, 0.2) is 10.9 Å². The lowest BCUT2D eigenvalue weighted by Gasteiger charge is -2.14. The number of pyridine rings is 1. The van der Waals surface area contributed by atoms with Crippen LogP contribution >= 0.6 is 11.3 Å². The average Bonchev–Trinajstić information content (AvgIpc) is 2.86. The predicted octanol–water partition coefficient (Wildman–Crippen LogP) is 3.07. The minimum absolute atomic E-state index is 0.0342. The smallest absolute Gasteiger partial charge is 0.261 e. The number of hydrogen-bond donors (Lipinski definition) is 1. The van der Waals surface area contributed by atoms with Gasteiger partial charge in [-0.2, -0.15) is 0 Å². The monoisotopic (exact) mass is 306 g/mol. The summed E-state index contributed by atoms with van der Waals surface area (Å²) < 4.78 is 1.85. The molecule has 0 unspecified atom stereocenters. The van der Waals surface area contributed by atoms with Gasteiger partial charge in [0.05, 0.1) is 5.56 Å². The van der Waals surface area contributed by atoms with Gasteiger partial charge in [-0.25, -0.2) is 0 Å². The van der Waals surface area contributed by atoms with E-state index < -0.39 is 0 Å². The fourth-order valence-corrected chi connectivity index (χ4v) is 3.08. The van der Waals surface area contributed by atoms with Gasteiger partial charge in [0, 0.05) is 19.3 Å². The van der Waals surface area contributed by atoms with E-state index in [-0.39, 0.29) is 5.56 Å². The summed E-state index contributed by atoms with van der Waals surface area (Å²) in [6.07, 6.45) is 0.987. The summed E-state index contributed by atoms with van der Waals surface area (Å²) in [5.74, 6) is 0.568. The number of nitrogens with one attached hydrogen (secondary N) is 1.